The number of thiophene rings is 1. The molecule has 1 aliphatic carbocycles. The molecule has 0 spiro atoms. The number of nitrogens with zero attached hydrogens (tertiary/aromatic N) is 1. The van der Waals surface area contributed by atoms with Gasteiger partial charge >= 0.3 is 0 Å². The van der Waals surface area contributed by atoms with E-state index in [9.17, 15) is 14.0 Å². The number of carbonyl (C=O) groups excluding carboxylic acids is 2. The third-order valence-corrected chi connectivity index (χ3v) is 6.87. The lowest BCUT2D eigenvalue weighted by molar-refractivity contribution is -0.127. The molecule has 7 heteroatoms. The minimum atomic E-state index is -0.963. The summed E-state index contributed by atoms with van der Waals surface area (Å²) >= 11 is 1.49. The van der Waals surface area contributed by atoms with Crippen LogP contribution in [0.15, 0.2) is 66.0 Å². The van der Waals surface area contributed by atoms with Crippen molar-refractivity contribution in [1.82, 2.24) is 5.32 Å². The van der Waals surface area contributed by atoms with E-state index in [2.05, 4.69) is 5.32 Å². The number of carbonyl (C=O) groups is 2. The van der Waals surface area contributed by atoms with Crippen molar-refractivity contribution in [3.63, 3.8) is 0 Å². The molecule has 0 unspecified atom stereocenters. The van der Waals surface area contributed by atoms with Crippen LogP contribution >= 0.6 is 11.3 Å². The summed E-state index contributed by atoms with van der Waals surface area (Å²) in [5.74, 6) is -0.384. The maximum atomic E-state index is 13.8. The molecule has 1 atom stereocenters. The van der Waals surface area contributed by atoms with Crippen LogP contribution in [0.1, 0.15) is 49.1 Å². The standard InChI is InChI=1S/C27H29FN2O3S/c1-2-33-24-12-6-5-11-23(24)30(25(31)18-22-10-7-17-34-22)26(19-13-15-20(28)16-14-19)27(32)29-21-8-3-4-9-21/h5-7,10-17,21,26H,2-4,8-9,18H2,1H3,(H,29,32)/t26-/m0/s1. The number of anilines is 1. The molecule has 1 fully saturated rings. The van der Waals surface area contributed by atoms with E-state index >= 15 is 0 Å². The van der Waals surface area contributed by atoms with Gasteiger partial charge in [0.1, 0.15) is 17.6 Å². The van der Waals surface area contributed by atoms with Crippen molar-refractivity contribution < 1.29 is 18.7 Å². The van der Waals surface area contributed by atoms with Crippen molar-refractivity contribution in [2.75, 3.05) is 11.5 Å². The monoisotopic (exact) mass is 480 g/mol. The van der Waals surface area contributed by atoms with Crippen LogP contribution in [-0.2, 0) is 16.0 Å². The van der Waals surface area contributed by atoms with Gasteiger partial charge in [0.15, 0.2) is 0 Å². The molecule has 0 aliphatic heterocycles. The molecule has 1 aromatic heterocycles. The van der Waals surface area contributed by atoms with Gasteiger partial charge in [-0.05, 0) is 61.0 Å². The number of hydrogen-bond donors (Lipinski definition) is 1. The minimum absolute atomic E-state index is 0.0758. The minimum Gasteiger partial charge on any atom is -0.492 e. The Morgan fingerprint density at radius 2 is 1.82 bits per heavy atom. The Balaban J connectivity index is 1.79. The first kappa shape index (κ1) is 24.0. The quantitative estimate of drug-likeness (QED) is 0.430. The predicted molar refractivity (Wildman–Crippen MR) is 133 cm³/mol. The molecule has 1 aliphatic rings. The molecule has 1 N–H and O–H groups in total. The largest absolute Gasteiger partial charge is 0.492 e. The summed E-state index contributed by atoms with van der Waals surface area (Å²) in [7, 11) is 0. The molecule has 0 radical (unpaired) electrons. The van der Waals surface area contributed by atoms with Crippen LogP contribution in [0, 0.1) is 5.82 Å². The average Bonchev–Trinajstić information content (AvgIpc) is 3.53. The van der Waals surface area contributed by atoms with Crippen LogP contribution in [0.25, 0.3) is 0 Å². The molecule has 178 valence electrons. The van der Waals surface area contributed by atoms with Gasteiger partial charge in [-0.1, -0.05) is 43.2 Å². The Kier molecular flexibility index (Phi) is 7.95. The van der Waals surface area contributed by atoms with Gasteiger partial charge in [-0.2, -0.15) is 0 Å². The summed E-state index contributed by atoms with van der Waals surface area (Å²) in [5.41, 5.74) is 1.06. The van der Waals surface area contributed by atoms with E-state index in [1.165, 1.54) is 28.4 Å². The first-order chi connectivity index (χ1) is 16.6. The second-order valence-electron chi connectivity index (χ2n) is 8.36. The molecule has 5 nitrogen and oxygen atoms in total. The highest BCUT2D eigenvalue weighted by Gasteiger charge is 2.35. The lowest BCUT2D eigenvalue weighted by Gasteiger charge is -2.33. The van der Waals surface area contributed by atoms with Gasteiger partial charge in [-0.25, -0.2) is 4.39 Å². The van der Waals surface area contributed by atoms with Crippen molar-refractivity contribution in [2.45, 2.75) is 51.1 Å². The molecular formula is C27H29FN2O3S. The number of benzene rings is 2. The number of nitrogens with one attached hydrogen (secondary N) is 1. The number of amides is 2. The molecular weight excluding hydrogens is 451 g/mol. The Morgan fingerprint density at radius 1 is 1.09 bits per heavy atom. The molecule has 0 bridgehead atoms. The molecule has 2 amide bonds. The van der Waals surface area contributed by atoms with Crippen molar-refractivity contribution in [3.8, 4) is 5.75 Å². The van der Waals surface area contributed by atoms with E-state index in [1.54, 1.807) is 24.3 Å². The number of ether oxygens (including phenoxy) is 1. The molecule has 4 rings (SSSR count). The van der Waals surface area contributed by atoms with Crippen LogP contribution in [0.5, 0.6) is 5.75 Å². The first-order valence-corrected chi connectivity index (χ1v) is 12.6. The zero-order chi connectivity index (χ0) is 23.9. The smallest absolute Gasteiger partial charge is 0.248 e. The zero-order valence-electron chi connectivity index (χ0n) is 19.2. The Morgan fingerprint density at radius 3 is 2.50 bits per heavy atom. The van der Waals surface area contributed by atoms with Crippen LogP contribution in [0.3, 0.4) is 0 Å². The second-order valence-corrected chi connectivity index (χ2v) is 9.40. The normalized spacial score (nSPS) is 14.5. The number of para-hydroxylation sites is 2. The summed E-state index contributed by atoms with van der Waals surface area (Å²) in [6.07, 6.45) is 4.12. The third-order valence-electron chi connectivity index (χ3n) is 5.99. The van der Waals surface area contributed by atoms with Crippen LogP contribution in [0.4, 0.5) is 10.1 Å². The topological polar surface area (TPSA) is 58.6 Å². The van der Waals surface area contributed by atoms with Gasteiger partial charge in [-0.3, -0.25) is 14.5 Å². The lowest BCUT2D eigenvalue weighted by atomic mass is 10.0. The Bertz CT molecular complexity index is 1100. The highest BCUT2D eigenvalue weighted by molar-refractivity contribution is 7.10. The van der Waals surface area contributed by atoms with Crippen molar-refractivity contribution in [3.05, 3.63) is 82.3 Å². The molecule has 2 aromatic carbocycles. The number of halogens is 1. The molecule has 34 heavy (non-hydrogen) atoms. The molecule has 1 heterocycles. The van der Waals surface area contributed by atoms with E-state index in [0.29, 0.717) is 23.6 Å². The van der Waals surface area contributed by atoms with E-state index in [-0.39, 0.29) is 24.3 Å². The van der Waals surface area contributed by atoms with E-state index in [0.717, 1.165) is 30.6 Å². The summed E-state index contributed by atoms with van der Waals surface area (Å²) in [6.45, 7) is 2.29. The maximum absolute atomic E-state index is 13.8. The summed E-state index contributed by atoms with van der Waals surface area (Å²) < 4.78 is 19.6. The second kappa shape index (κ2) is 11.3. The van der Waals surface area contributed by atoms with Gasteiger partial charge in [0, 0.05) is 10.9 Å². The van der Waals surface area contributed by atoms with Crippen molar-refractivity contribution in [2.24, 2.45) is 0 Å². The van der Waals surface area contributed by atoms with Gasteiger partial charge in [0.2, 0.25) is 11.8 Å². The summed E-state index contributed by atoms with van der Waals surface area (Å²) in [5, 5.41) is 5.06. The fraction of sp³-hybridized carbons (Fsp3) is 0.333. The highest BCUT2D eigenvalue weighted by Crippen LogP contribution is 2.36. The van der Waals surface area contributed by atoms with Gasteiger partial charge in [0.25, 0.3) is 0 Å². The third kappa shape index (κ3) is 5.65. The first-order valence-electron chi connectivity index (χ1n) is 11.7. The van der Waals surface area contributed by atoms with E-state index in [1.807, 2.05) is 36.6 Å². The summed E-state index contributed by atoms with van der Waals surface area (Å²) in [6, 6.07) is 15.9. The van der Waals surface area contributed by atoms with Gasteiger partial charge in [-0.15, -0.1) is 11.3 Å². The Labute approximate surface area is 203 Å². The fourth-order valence-corrected chi connectivity index (χ4v) is 5.11. The van der Waals surface area contributed by atoms with E-state index in [4.69, 9.17) is 4.74 Å². The maximum Gasteiger partial charge on any atom is 0.248 e. The van der Waals surface area contributed by atoms with Gasteiger partial charge < -0.3 is 10.1 Å². The lowest BCUT2D eigenvalue weighted by Crippen LogP contribution is -2.47. The van der Waals surface area contributed by atoms with Crippen LogP contribution < -0.4 is 15.0 Å². The molecule has 3 aromatic rings. The van der Waals surface area contributed by atoms with Crippen molar-refractivity contribution >= 4 is 28.8 Å². The average molecular weight is 481 g/mol. The molecule has 1 saturated carbocycles. The Hall–Kier alpha value is -3.19. The fourth-order valence-electron chi connectivity index (χ4n) is 4.41. The predicted octanol–water partition coefficient (Wildman–Crippen LogP) is 5.66. The van der Waals surface area contributed by atoms with Crippen LogP contribution in [-0.4, -0.2) is 24.5 Å². The van der Waals surface area contributed by atoms with E-state index < -0.39 is 11.9 Å². The number of hydrogen-bond acceptors (Lipinski definition) is 4. The van der Waals surface area contributed by atoms with Crippen molar-refractivity contribution in [1.29, 1.82) is 0 Å². The molecule has 0 saturated heterocycles. The summed E-state index contributed by atoms with van der Waals surface area (Å²) in [4.78, 5) is 30.0. The van der Waals surface area contributed by atoms with Crippen LogP contribution in [0.2, 0.25) is 0 Å². The van der Waals surface area contributed by atoms with Gasteiger partial charge in [0.05, 0.1) is 18.7 Å². The highest BCUT2D eigenvalue weighted by atomic mass is 32.1. The number of rotatable bonds is 9. The SMILES string of the molecule is CCOc1ccccc1N(C(=O)Cc1cccs1)[C@H](C(=O)NC1CCCC1)c1ccc(F)cc1. The zero-order valence-corrected chi connectivity index (χ0v) is 20.0.